The van der Waals surface area contributed by atoms with Crippen LogP contribution >= 0.6 is 0 Å². The Kier molecular flexibility index (Phi) is 0.917. The van der Waals surface area contributed by atoms with Crippen LogP contribution in [-0.4, -0.2) is 4.98 Å². The van der Waals surface area contributed by atoms with Gasteiger partial charge in [-0.25, -0.2) is 0 Å². The monoisotopic (exact) mass is 134 g/mol. The van der Waals surface area contributed by atoms with Gasteiger partial charge in [-0.2, -0.15) is 0 Å². The number of hydrogen-bond acceptors (Lipinski definition) is 3. The maximum Gasteiger partial charge on any atom is 0.175 e. The zero-order chi connectivity index (χ0) is 6.97. The highest BCUT2D eigenvalue weighted by Gasteiger charge is 1.98. The number of aromatic nitrogens is 1. The van der Waals surface area contributed by atoms with Gasteiger partial charge in [-0.1, -0.05) is 0 Å². The fourth-order valence-corrected chi connectivity index (χ4v) is 0.894. The van der Waals surface area contributed by atoms with Crippen LogP contribution in [0.1, 0.15) is 0 Å². The molecule has 0 radical (unpaired) electrons. The summed E-state index contributed by atoms with van der Waals surface area (Å²) in [5.74, 6) is 0. The second kappa shape index (κ2) is 1.73. The molecule has 3 nitrogen and oxygen atoms in total. The van der Waals surface area contributed by atoms with Crippen molar-refractivity contribution in [2.45, 2.75) is 0 Å². The maximum absolute atomic E-state index is 5.57. The molecular formula is C7H6N2O. The molecule has 50 valence electrons. The van der Waals surface area contributed by atoms with Crippen LogP contribution in [0.25, 0.3) is 11.1 Å². The molecule has 0 amide bonds. The highest BCUT2D eigenvalue weighted by molar-refractivity contribution is 5.83. The van der Waals surface area contributed by atoms with Gasteiger partial charge in [0.25, 0.3) is 0 Å². The summed E-state index contributed by atoms with van der Waals surface area (Å²) in [6.07, 6.45) is 3.24. The van der Waals surface area contributed by atoms with E-state index in [1.807, 2.05) is 0 Å². The van der Waals surface area contributed by atoms with Crippen molar-refractivity contribution < 1.29 is 4.42 Å². The van der Waals surface area contributed by atoms with E-state index in [9.17, 15) is 0 Å². The van der Waals surface area contributed by atoms with Crippen LogP contribution in [0.5, 0.6) is 0 Å². The molecule has 0 unspecified atom stereocenters. The van der Waals surface area contributed by atoms with Crippen LogP contribution < -0.4 is 5.73 Å². The minimum Gasteiger partial charge on any atom is -0.460 e. The summed E-state index contributed by atoms with van der Waals surface area (Å²) in [6, 6.07) is 3.50. The lowest BCUT2D eigenvalue weighted by Crippen LogP contribution is -1.84. The van der Waals surface area contributed by atoms with Gasteiger partial charge in [0.1, 0.15) is 5.52 Å². The van der Waals surface area contributed by atoms with Gasteiger partial charge in [0.2, 0.25) is 0 Å². The zero-order valence-corrected chi connectivity index (χ0v) is 5.24. The van der Waals surface area contributed by atoms with Crippen molar-refractivity contribution in [1.29, 1.82) is 0 Å². The Labute approximate surface area is 57.5 Å². The maximum atomic E-state index is 5.57. The summed E-state index contributed by atoms with van der Waals surface area (Å²) in [7, 11) is 0. The Morgan fingerprint density at radius 2 is 2.30 bits per heavy atom. The molecule has 0 aliphatic carbocycles. The van der Waals surface area contributed by atoms with Crippen LogP contribution in [0.4, 0.5) is 5.69 Å². The Morgan fingerprint density at radius 3 is 3.10 bits per heavy atom. The van der Waals surface area contributed by atoms with E-state index in [-0.39, 0.29) is 0 Å². The Bertz CT molecular complexity index is 353. The molecule has 2 aromatic rings. The van der Waals surface area contributed by atoms with Crippen LogP contribution in [0.15, 0.2) is 29.0 Å². The molecule has 3 heteroatoms. The third kappa shape index (κ3) is 0.572. The van der Waals surface area contributed by atoms with E-state index < -0.39 is 0 Å². The predicted octanol–water partition coefficient (Wildman–Crippen LogP) is 1.41. The van der Waals surface area contributed by atoms with Crippen molar-refractivity contribution in [2.75, 3.05) is 5.73 Å². The number of nitrogens with zero attached hydrogens (tertiary/aromatic N) is 1. The molecule has 2 rings (SSSR count). The first-order valence-corrected chi connectivity index (χ1v) is 2.95. The van der Waals surface area contributed by atoms with Crippen molar-refractivity contribution in [2.24, 2.45) is 0 Å². The molecule has 0 aromatic carbocycles. The van der Waals surface area contributed by atoms with E-state index in [1.165, 1.54) is 0 Å². The van der Waals surface area contributed by atoms with Gasteiger partial charge in [0.05, 0.1) is 12.0 Å². The van der Waals surface area contributed by atoms with Gasteiger partial charge >= 0.3 is 0 Å². The molecule has 0 aliphatic heterocycles. The lowest BCUT2D eigenvalue weighted by Gasteiger charge is -1.90. The molecule has 10 heavy (non-hydrogen) atoms. The molecule has 0 atom stereocenters. The molecule has 0 aliphatic rings. The topological polar surface area (TPSA) is 52.0 Å². The van der Waals surface area contributed by atoms with Gasteiger partial charge in [-0.15, -0.1) is 0 Å². The summed E-state index contributed by atoms with van der Waals surface area (Å²) in [6.45, 7) is 0. The number of furan rings is 1. The van der Waals surface area contributed by atoms with Crippen molar-refractivity contribution in [3.63, 3.8) is 0 Å². The van der Waals surface area contributed by atoms with Gasteiger partial charge in [0, 0.05) is 12.3 Å². The van der Waals surface area contributed by atoms with Crippen molar-refractivity contribution in [1.82, 2.24) is 4.98 Å². The molecule has 0 fully saturated rings. The van der Waals surface area contributed by atoms with Crippen LogP contribution in [0, 0.1) is 0 Å². The predicted molar refractivity (Wildman–Crippen MR) is 38.4 cm³/mol. The summed E-state index contributed by atoms with van der Waals surface area (Å²) >= 11 is 0. The Balaban J connectivity index is 2.95. The van der Waals surface area contributed by atoms with E-state index in [2.05, 4.69) is 4.98 Å². The summed E-state index contributed by atoms with van der Waals surface area (Å²) in [5, 5.41) is 0. The number of nitrogens with two attached hydrogens (primary N) is 1. The smallest absolute Gasteiger partial charge is 0.175 e. The third-order valence-electron chi connectivity index (χ3n) is 1.37. The number of fused-ring (bicyclic) bond motifs is 1. The van der Waals surface area contributed by atoms with Gasteiger partial charge in [-0.05, 0) is 6.07 Å². The quantitative estimate of drug-likeness (QED) is 0.592. The second-order valence-corrected chi connectivity index (χ2v) is 2.04. The number of anilines is 1. The summed E-state index contributed by atoms with van der Waals surface area (Å²) in [5.41, 5.74) is 7.68. The average Bonchev–Trinajstić information content (AvgIpc) is 2.36. The SMILES string of the molecule is Nc1ccnc2ccoc12. The molecule has 2 aromatic heterocycles. The van der Waals surface area contributed by atoms with Crippen LogP contribution in [-0.2, 0) is 0 Å². The van der Waals surface area contributed by atoms with Crippen molar-refractivity contribution in [3.8, 4) is 0 Å². The first-order valence-electron chi connectivity index (χ1n) is 2.95. The minimum absolute atomic E-state index is 0.634. The first-order chi connectivity index (χ1) is 4.88. The fraction of sp³-hybridized carbons (Fsp3) is 0. The number of nitrogen functional groups attached to an aromatic ring is 1. The van der Waals surface area contributed by atoms with Gasteiger partial charge < -0.3 is 10.2 Å². The van der Waals surface area contributed by atoms with Gasteiger partial charge in [0.15, 0.2) is 5.58 Å². The van der Waals surface area contributed by atoms with E-state index in [0.717, 1.165) is 5.52 Å². The standard InChI is InChI=1S/C7H6N2O/c8-5-1-3-9-6-2-4-10-7(5)6/h1-4H,(H2,8,9). The lowest BCUT2D eigenvalue weighted by molar-refractivity contribution is 0.617. The first kappa shape index (κ1) is 5.29. The zero-order valence-electron chi connectivity index (χ0n) is 5.24. The Hall–Kier alpha value is -1.51. The normalized spacial score (nSPS) is 10.4. The molecule has 2 N–H and O–H groups in total. The average molecular weight is 134 g/mol. The third-order valence-corrected chi connectivity index (χ3v) is 1.37. The summed E-state index contributed by atoms with van der Waals surface area (Å²) < 4.78 is 5.06. The molecule has 0 saturated carbocycles. The number of rotatable bonds is 0. The Morgan fingerprint density at radius 1 is 1.40 bits per heavy atom. The van der Waals surface area contributed by atoms with Crippen LogP contribution in [0.3, 0.4) is 0 Å². The van der Waals surface area contributed by atoms with E-state index in [1.54, 1.807) is 24.6 Å². The number of pyridine rings is 1. The minimum atomic E-state index is 0.634. The fourth-order valence-electron chi connectivity index (χ4n) is 0.894. The molecular weight excluding hydrogens is 128 g/mol. The summed E-state index contributed by atoms with van der Waals surface area (Å²) in [4.78, 5) is 4.03. The molecule has 0 bridgehead atoms. The second-order valence-electron chi connectivity index (χ2n) is 2.04. The largest absolute Gasteiger partial charge is 0.460 e. The highest BCUT2D eigenvalue weighted by Crippen LogP contribution is 2.18. The highest BCUT2D eigenvalue weighted by atomic mass is 16.3. The van der Waals surface area contributed by atoms with E-state index in [4.69, 9.17) is 10.2 Å². The molecule has 0 spiro atoms. The van der Waals surface area contributed by atoms with E-state index >= 15 is 0 Å². The van der Waals surface area contributed by atoms with Crippen molar-refractivity contribution >= 4 is 16.8 Å². The van der Waals surface area contributed by atoms with Crippen LogP contribution in [0.2, 0.25) is 0 Å². The lowest BCUT2D eigenvalue weighted by atomic mass is 10.3. The van der Waals surface area contributed by atoms with Crippen molar-refractivity contribution in [3.05, 3.63) is 24.6 Å². The molecule has 2 heterocycles. The number of hydrogen-bond donors (Lipinski definition) is 1. The van der Waals surface area contributed by atoms with Gasteiger partial charge in [-0.3, -0.25) is 4.98 Å². The van der Waals surface area contributed by atoms with E-state index in [0.29, 0.717) is 11.3 Å². The molecule has 0 saturated heterocycles.